The second kappa shape index (κ2) is 8.52. The van der Waals surface area contributed by atoms with Crippen molar-refractivity contribution in [3.8, 4) is 5.75 Å². The topological polar surface area (TPSA) is 67.4 Å². The van der Waals surface area contributed by atoms with Crippen molar-refractivity contribution in [2.75, 3.05) is 13.2 Å². The molecular formula is C21H24N2O3. The molecule has 1 aliphatic rings. The quantitative estimate of drug-likeness (QED) is 0.840. The zero-order chi connectivity index (χ0) is 18.4. The Morgan fingerprint density at radius 2 is 1.85 bits per heavy atom. The Labute approximate surface area is 153 Å². The molecule has 0 saturated heterocycles. The standard InChI is InChI=1S/C21H24N2O3/c1-15(23-21(25)17-7-3-2-4-8-17)11-20(24)22-13-16-12-18-9-5-6-10-19(18)26-14-16/h2-10,15-16H,11-14H2,1H3,(H,22,24)(H,23,25). The highest BCUT2D eigenvalue weighted by atomic mass is 16.5. The Kier molecular flexibility index (Phi) is 5.89. The van der Waals surface area contributed by atoms with Gasteiger partial charge in [0.05, 0.1) is 6.61 Å². The first-order valence-electron chi connectivity index (χ1n) is 8.95. The molecule has 2 aromatic carbocycles. The number of fused-ring (bicyclic) bond motifs is 1. The second-order valence-electron chi connectivity index (χ2n) is 6.74. The molecule has 2 atom stereocenters. The summed E-state index contributed by atoms with van der Waals surface area (Å²) in [7, 11) is 0. The molecule has 2 aromatic rings. The Bertz CT molecular complexity index is 761. The third-order valence-electron chi connectivity index (χ3n) is 4.45. The number of rotatable bonds is 6. The van der Waals surface area contributed by atoms with Crippen molar-refractivity contribution in [2.24, 2.45) is 5.92 Å². The normalized spacial score (nSPS) is 16.7. The van der Waals surface area contributed by atoms with Gasteiger partial charge < -0.3 is 15.4 Å². The molecule has 3 rings (SSSR count). The van der Waals surface area contributed by atoms with Crippen LogP contribution in [0.25, 0.3) is 0 Å². The van der Waals surface area contributed by atoms with Gasteiger partial charge in [0, 0.05) is 30.5 Å². The summed E-state index contributed by atoms with van der Waals surface area (Å²) in [6.07, 6.45) is 1.15. The number of amides is 2. The predicted octanol–water partition coefficient (Wildman–Crippen LogP) is 2.56. The number of ether oxygens (including phenoxy) is 1. The number of carbonyl (C=O) groups is 2. The van der Waals surface area contributed by atoms with E-state index in [4.69, 9.17) is 4.74 Å². The summed E-state index contributed by atoms with van der Waals surface area (Å²) < 4.78 is 5.74. The zero-order valence-electron chi connectivity index (χ0n) is 14.9. The van der Waals surface area contributed by atoms with E-state index in [-0.39, 0.29) is 30.2 Å². The summed E-state index contributed by atoms with van der Waals surface area (Å²) in [6.45, 7) is 3.02. The summed E-state index contributed by atoms with van der Waals surface area (Å²) in [4.78, 5) is 24.3. The van der Waals surface area contributed by atoms with Gasteiger partial charge in [-0.05, 0) is 37.1 Å². The lowest BCUT2D eigenvalue weighted by Crippen LogP contribution is -2.39. The third-order valence-corrected chi connectivity index (χ3v) is 4.45. The van der Waals surface area contributed by atoms with Gasteiger partial charge in [-0.25, -0.2) is 0 Å². The fourth-order valence-electron chi connectivity index (χ4n) is 3.08. The molecule has 26 heavy (non-hydrogen) atoms. The van der Waals surface area contributed by atoms with E-state index < -0.39 is 0 Å². The Morgan fingerprint density at radius 3 is 2.65 bits per heavy atom. The molecule has 5 heteroatoms. The van der Waals surface area contributed by atoms with Crippen LogP contribution >= 0.6 is 0 Å². The van der Waals surface area contributed by atoms with E-state index in [9.17, 15) is 9.59 Å². The van der Waals surface area contributed by atoms with E-state index in [2.05, 4.69) is 16.7 Å². The van der Waals surface area contributed by atoms with Crippen molar-refractivity contribution in [3.63, 3.8) is 0 Å². The molecule has 5 nitrogen and oxygen atoms in total. The maximum Gasteiger partial charge on any atom is 0.251 e. The SMILES string of the molecule is CC(CC(=O)NCC1COc2ccccc2C1)NC(=O)c1ccccc1. The first-order chi connectivity index (χ1) is 12.6. The number of benzene rings is 2. The van der Waals surface area contributed by atoms with Crippen LogP contribution in [0.3, 0.4) is 0 Å². The van der Waals surface area contributed by atoms with E-state index in [0.29, 0.717) is 18.7 Å². The molecule has 0 aromatic heterocycles. The van der Waals surface area contributed by atoms with E-state index in [0.717, 1.165) is 12.2 Å². The van der Waals surface area contributed by atoms with E-state index in [1.807, 2.05) is 43.3 Å². The van der Waals surface area contributed by atoms with Crippen molar-refractivity contribution < 1.29 is 14.3 Å². The summed E-state index contributed by atoms with van der Waals surface area (Å²) in [6, 6.07) is 16.8. The smallest absolute Gasteiger partial charge is 0.251 e. The third kappa shape index (κ3) is 4.85. The van der Waals surface area contributed by atoms with Crippen LogP contribution in [0, 0.1) is 5.92 Å². The minimum atomic E-state index is -0.231. The molecule has 136 valence electrons. The van der Waals surface area contributed by atoms with Gasteiger partial charge in [-0.3, -0.25) is 9.59 Å². The zero-order valence-corrected chi connectivity index (χ0v) is 14.9. The van der Waals surface area contributed by atoms with Crippen LogP contribution in [-0.4, -0.2) is 31.0 Å². The van der Waals surface area contributed by atoms with Crippen LogP contribution in [-0.2, 0) is 11.2 Å². The summed E-state index contributed by atoms with van der Waals surface area (Å²) in [5.41, 5.74) is 1.78. The Morgan fingerprint density at radius 1 is 1.12 bits per heavy atom. The molecule has 1 aliphatic heterocycles. The fourth-order valence-corrected chi connectivity index (χ4v) is 3.08. The fraction of sp³-hybridized carbons (Fsp3) is 0.333. The summed E-state index contributed by atoms with van der Waals surface area (Å²) >= 11 is 0. The van der Waals surface area contributed by atoms with Crippen molar-refractivity contribution >= 4 is 11.8 Å². The molecule has 1 heterocycles. The monoisotopic (exact) mass is 352 g/mol. The van der Waals surface area contributed by atoms with Gasteiger partial charge in [-0.15, -0.1) is 0 Å². The van der Waals surface area contributed by atoms with Crippen molar-refractivity contribution in [1.29, 1.82) is 0 Å². The van der Waals surface area contributed by atoms with Gasteiger partial charge >= 0.3 is 0 Å². The second-order valence-corrected chi connectivity index (χ2v) is 6.74. The van der Waals surface area contributed by atoms with Gasteiger partial charge in [0.15, 0.2) is 0 Å². The number of hydrogen-bond donors (Lipinski definition) is 2. The van der Waals surface area contributed by atoms with Crippen LogP contribution in [0.4, 0.5) is 0 Å². The van der Waals surface area contributed by atoms with E-state index in [1.54, 1.807) is 12.1 Å². The van der Waals surface area contributed by atoms with Crippen LogP contribution in [0.15, 0.2) is 54.6 Å². The largest absolute Gasteiger partial charge is 0.493 e. The average molecular weight is 352 g/mol. The molecule has 0 radical (unpaired) electrons. The first-order valence-corrected chi connectivity index (χ1v) is 8.95. The molecule has 2 unspecified atom stereocenters. The van der Waals surface area contributed by atoms with E-state index in [1.165, 1.54) is 5.56 Å². The molecule has 2 N–H and O–H groups in total. The molecule has 0 fully saturated rings. The summed E-state index contributed by atoms with van der Waals surface area (Å²) in [5.74, 6) is 0.975. The summed E-state index contributed by atoms with van der Waals surface area (Å²) in [5, 5.41) is 5.81. The molecular weight excluding hydrogens is 328 g/mol. The minimum absolute atomic E-state index is 0.0651. The maximum absolute atomic E-state index is 12.2. The van der Waals surface area contributed by atoms with Crippen LogP contribution < -0.4 is 15.4 Å². The average Bonchev–Trinajstić information content (AvgIpc) is 2.66. The van der Waals surface area contributed by atoms with Crippen LogP contribution in [0.2, 0.25) is 0 Å². The molecule has 0 saturated carbocycles. The van der Waals surface area contributed by atoms with Crippen molar-refractivity contribution in [2.45, 2.75) is 25.8 Å². The van der Waals surface area contributed by atoms with Gasteiger partial charge in [0.25, 0.3) is 5.91 Å². The number of hydrogen-bond acceptors (Lipinski definition) is 3. The highest BCUT2D eigenvalue weighted by Crippen LogP contribution is 2.26. The lowest BCUT2D eigenvalue weighted by atomic mass is 9.96. The molecule has 2 amide bonds. The van der Waals surface area contributed by atoms with Gasteiger partial charge in [-0.1, -0.05) is 36.4 Å². The van der Waals surface area contributed by atoms with Crippen LogP contribution in [0.1, 0.15) is 29.3 Å². The highest BCUT2D eigenvalue weighted by Gasteiger charge is 2.20. The number of nitrogens with one attached hydrogen (secondary N) is 2. The Hall–Kier alpha value is -2.82. The predicted molar refractivity (Wildman–Crippen MR) is 100 cm³/mol. The molecule has 0 aliphatic carbocycles. The maximum atomic E-state index is 12.2. The lowest BCUT2D eigenvalue weighted by molar-refractivity contribution is -0.121. The van der Waals surface area contributed by atoms with Gasteiger partial charge in [-0.2, -0.15) is 0 Å². The number of carbonyl (C=O) groups excluding carboxylic acids is 2. The van der Waals surface area contributed by atoms with Crippen LogP contribution in [0.5, 0.6) is 5.75 Å². The highest BCUT2D eigenvalue weighted by molar-refractivity contribution is 5.94. The van der Waals surface area contributed by atoms with Crippen molar-refractivity contribution in [1.82, 2.24) is 10.6 Å². The minimum Gasteiger partial charge on any atom is -0.493 e. The lowest BCUT2D eigenvalue weighted by Gasteiger charge is -2.25. The first kappa shape index (κ1) is 18.0. The molecule has 0 bridgehead atoms. The number of para-hydroxylation sites is 1. The van der Waals surface area contributed by atoms with Crippen molar-refractivity contribution in [3.05, 3.63) is 65.7 Å². The van der Waals surface area contributed by atoms with Gasteiger partial charge in [0.1, 0.15) is 5.75 Å². The molecule has 0 spiro atoms. The van der Waals surface area contributed by atoms with Gasteiger partial charge in [0.2, 0.25) is 5.91 Å². The van der Waals surface area contributed by atoms with E-state index >= 15 is 0 Å². The Balaban J connectivity index is 1.41.